The van der Waals surface area contributed by atoms with E-state index in [-0.39, 0.29) is 35.3 Å². The Balaban J connectivity index is 0.00000144. The van der Waals surface area contributed by atoms with Crippen molar-refractivity contribution in [2.75, 3.05) is 7.11 Å². The number of hydrogen-bond donors (Lipinski definition) is 0. The van der Waals surface area contributed by atoms with E-state index in [1.54, 1.807) is 12.1 Å². The Hall–Kier alpha value is -0.440. The van der Waals surface area contributed by atoms with Crippen molar-refractivity contribution in [1.29, 1.82) is 0 Å². The van der Waals surface area contributed by atoms with Gasteiger partial charge < -0.3 is 9.84 Å². The van der Waals surface area contributed by atoms with Crippen LogP contribution in [0.25, 0.3) is 6.08 Å². The molecule has 0 N–H and O–H groups in total. The SMILES string of the molecule is C/C=C/c1ccc([O-])c(OC)c1.[Na+]. The van der Waals surface area contributed by atoms with Gasteiger partial charge in [0.25, 0.3) is 0 Å². The third-order valence-corrected chi connectivity index (χ3v) is 1.55. The summed E-state index contributed by atoms with van der Waals surface area (Å²) in [6, 6.07) is 5.00. The summed E-state index contributed by atoms with van der Waals surface area (Å²) in [7, 11) is 1.50. The second-order valence-corrected chi connectivity index (χ2v) is 2.41. The average molecular weight is 186 g/mol. The van der Waals surface area contributed by atoms with E-state index in [9.17, 15) is 5.11 Å². The fourth-order valence-electron chi connectivity index (χ4n) is 0.980. The maximum atomic E-state index is 11.1. The molecule has 0 bridgehead atoms. The fraction of sp³-hybridized carbons (Fsp3) is 0.200. The van der Waals surface area contributed by atoms with Gasteiger partial charge in [0.1, 0.15) is 5.75 Å². The van der Waals surface area contributed by atoms with Crippen LogP contribution in [0.15, 0.2) is 24.3 Å². The quantitative estimate of drug-likeness (QED) is 0.544. The van der Waals surface area contributed by atoms with Crippen LogP contribution in [0.1, 0.15) is 12.5 Å². The van der Waals surface area contributed by atoms with E-state index in [4.69, 9.17) is 4.74 Å². The smallest absolute Gasteiger partial charge is 0.870 e. The molecule has 1 aromatic carbocycles. The summed E-state index contributed by atoms with van der Waals surface area (Å²) in [4.78, 5) is 0. The van der Waals surface area contributed by atoms with Crippen molar-refractivity contribution in [2.24, 2.45) is 0 Å². The Morgan fingerprint density at radius 1 is 1.38 bits per heavy atom. The van der Waals surface area contributed by atoms with Crippen molar-refractivity contribution in [1.82, 2.24) is 0 Å². The normalized spacial score (nSPS) is 9.69. The van der Waals surface area contributed by atoms with Crippen molar-refractivity contribution >= 4 is 6.08 Å². The van der Waals surface area contributed by atoms with Gasteiger partial charge in [0, 0.05) is 0 Å². The average Bonchev–Trinajstić information content (AvgIpc) is 2.09. The molecule has 0 saturated heterocycles. The van der Waals surface area contributed by atoms with E-state index in [1.807, 2.05) is 19.1 Å². The van der Waals surface area contributed by atoms with E-state index in [2.05, 4.69) is 0 Å². The molecule has 0 aliphatic heterocycles. The molecule has 1 aromatic rings. The molecule has 0 heterocycles. The Bertz CT molecular complexity index is 295. The Kier molecular flexibility index (Phi) is 5.88. The molecule has 0 saturated carbocycles. The molecule has 1 rings (SSSR count). The van der Waals surface area contributed by atoms with Crippen LogP contribution in [0.4, 0.5) is 0 Å². The summed E-state index contributed by atoms with van der Waals surface area (Å²) in [5, 5.41) is 11.1. The van der Waals surface area contributed by atoms with Crippen molar-refractivity contribution in [3.05, 3.63) is 29.8 Å². The first kappa shape index (κ1) is 12.6. The summed E-state index contributed by atoms with van der Waals surface area (Å²) in [5.74, 6) is 0.316. The molecule has 0 atom stereocenters. The predicted octanol–water partition coefficient (Wildman–Crippen LogP) is -1.19. The minimum absolute atomic E-state index is 0. The summed E-state index contributed by atoms with van der Waals surface area (Å²) in [6.07, 6.45) is 3.83. The van der Waals surface area contributed by atoms with Crippen LogP contribution < -0.4 is 39.4 Å². The number of methoxy groups -OCH3 is 1. The van der Waals surface area contributed by atoms with Crippen LogP contribution in [-0.2, 0) is 0 Å². The zero-order chi connectivity index (χ0) is 8.97. The number of allylic oxidation sites excluding steroid dienone is 1. The first-order valence-corrected chi connectivity index (χ1v) is 3.75. The molecule has 3 heteroatoms. The number of ether oxygens (including phenoxy) is 1. The van der Waals surface area contributed by atoms with Crippen LogP contribution in [0.5, 0.6) is 11.5 Å². The zero-order valence-corrected chi connectivity index (χ0v) is 10.2. The van der Waals surface area contributed by atoms with Crippen LogP contribution in [-0.4, -0.2) is 7.11 Å². The topological polar surface area (TPSA) is 32.3 Å². The molecule has 13 heavy (non-hydrogen) atoms. The molecule has 0 amide bonds. The fourth-order valence-corrected chi connectivity index (χ4v) is 0.980. The molecular formula is C10H11NaO2. The van der Waals surface area contributed by atoms with Crippen molar-refractivity contribution in [3.8, 4) is 11.5 Å². The molecule has 0 aliphatic carbocycles. The van der Waals surface area contributed by atoms with Crippen molar-refractivity contribution < 1.29 is 39.4 Å². The van der Waals surface area contributed by atoms with Gasteiger partial charge in [0.2, 0.25) is 0 Å². The van der Waals surface area contributed by atoms with Gasteiger partial charge in [-0.25, -0.2) is 0 Å². The van der Waals surface area contributed by atoms with Gasteiger partial charge in [-0.05, 0) is 18.6 Å². The van der Waals surface area contributed by atoms with Crippen molar-refractivity contribution in [3.63, 3.8) is 0 Å². The van der Waals surface area contributed by atoms with Gasteiger partial charge in [0.15, 0.2) is 0 Å². The molecule has 0 unspecified atom stereocenters. The Morgan fingerprint density at radius 2 is 2.08 bits per heavy atom. The van der Waals surface area contributed by atoms with Crippen LogP contribution >= 0.6 is 0 Å². The van der Waals surface area contributed by atoms with Gasteiger partial charge in [-0.3, -0.25) is 0 Å². The second-order valence-electron chi connectivity index (χ2n) is 2.41. The summed E-state index contributed by atoms with van der Waals surface area (Å²) >= 11 is 0. The van der Waals surface area contributed by atoms with E-state index in [1.165, 1.54) is 13.2 Å². The molecule has 0 aromatic heterocycles. The standard InChI is InChI=1S/C10H12O2.Na/c1-3-4-8-5-6-9(11)10(7-8)12-2;/h3-7,11H,1-2H3;/q;+1/p-1/b4-3+;. The number of benzene rings is 1. The van der Waals surface area contributed by atoms with Crippen molar-refractivity contribution in [2.45, 2.75) is 6.92 Å². The molecule has 0 radical (unpaired) electrons. The first-order valence-electron chi connectivity index (χ1n) is 3.75. The van der Waals surface area contributed by atoms with Crippen LogP contribution in [0.2, 0.25) is 0 Å². The monoisotopic (exact) mass is 186 g/mol. The summed E-state index contributed by atoms with van der Waals surface area (Å²) < 4.78 is 4.89. The molecule has 0 fully saturated rings. The second kappa shape index (κ2) is 6.08. The molecule has 0 spiro atoms. The van der Waals surface area contributed by atoms with Gasteiger partial charge in [-0.1, -0.05) is 30.0 Å². The van der Waals surface area contributed by atoms with E-state index >= 15 is 0 Å². The van der Waals surface area contributed by atoms with Gasteiger partial charge in [-0.2, -0.15) is 0 Å². The van der Waals surface area contributed by atoms with E-state index < -0.39 is 0 Å². The molecular weight excluding hydrogens is 175 g/mol. The summed E-state index contributed by atoms with van der Waals surface area (Å²) in [5.41, 5.74) is 0.981. The minimum Gasteiger partial charge on any atom is -0.870 e. The van der Waals surface area contributed by atoms with E-state index in [0.29, 0.717) is 5.75 Å². The minimum atomic E-state index is -0.0780. The number of hydrogen-bond acceptors (Lipinski definition) is 2. The predicted molar refractivity (Wildman–Crippen MR) is 47.1 cm³/mol. The van der Waals surface area contributed by atoms with Crippen LogP contribution in [0, 0.1) is 0 Å². The zero-order valence-electron chi connectivity index (χ0n) is 8.20. The molecule has 64 valence electrons. The largest absolute Gasteiger partial charge is 1.00 e. The first-order chi connectivity index (χ1) is 5.77. The molecule has 2 nitrogen and oxygen atoms in total. The maximum absolute atomic E-state index is 11.1. The summed E-state index contributed by atoms with van der Waals surface area (Å²) in [6.45, 7) is 1.93. The third kappa shape index (κ3) is 3.43. The maximum Gasteiger partial charge on any atom is 1.00 e. The van der Waals surface area contributed by atoms with Crippen LogP contribution in [0.3, 0.4) is 0 Å². The van der Waals surface area contributed by atoms with Gasteiger partial charge in [0.05, 0.1) is 7.11 Å². The molecule has 0 aliphatic rings. The Labute approximate surface area is 101 Å². The Morgan fingerprint density at radius 3 is 2.62 bits per heavy atom. The number of rotatable bonds is 2. The third-order valence-electron chi connectivity index (χ3n) is 1.55. The van der Waals surface area contributed by atoms with Gasteiger partial charge in [-0.15, -0.1) is 0 Å². The van der Waals surface area contributed by atoms with Gasteiger partial charge >= 0.3 is 29.6 Å². The van der Waals surface area contributed by atoms with E-state index in [0.717, 1.165) is 5.56 Å².